The number of halogens is 4. The molecule has 1 aliphatic rings. The second kappa shape index (κ2) is 10.0. The van der Waals surface area contributed by atoms with E-state index in [9.17, 15) is 22.4 Å². The zero-order valence-corrected chi connectivity index (χ0v) is 18.5. The van der Waals surface area contributed by atoms with Gasteiger partial charge in [-0.2, -0.15) is 13.2 Å². The number of hydrogen-bond acceptors (Lipinski definition) is 5. The molecule has 1 saturated heterocycles. The monoisotopic (exact) mass is 478 g/mol. The average molecular weight is 479 g/mol. The molecule has 0 amide bonds. The first-order chi connectivity index (χ1) is 15.8. The Bertz CT molecular complexity index is 1110. The molecule has 1 aliphatic heterocycles. The number of Topliss-reactive ketones (excluding diaryl/α,β-unsaturated/α-hetero) is 1. The summed E-state index contributed by atoms with van der Waals surface area (Å²) in [6.45, 7) is 2.06. The van der Waals surface area contributed by atoms with Gasteiger partial charge < -0.3 is 0 Å². The lowest BCUT2D eigenvalue weighted by molar-refractivity contribution is -0.137. The first-order valence-electron chi connectivity index (χ1n) is 10.6. The summed E-state index contributed by atoms with van der Waals surface area (Å²) < 4.78 is 55.9. The van der Waals surface area contributed by atoms with Crippen molar-refractivity contribution in [1.82, 2.24) is 19.7 Å². The molecule has 5 nitrogen and oxygen atoms in total. The number of hydrogen-bond donors (Lipinski definition) is 0. The van der Waals surface area contributed by atoms with E-state index in [4.69, 9.17) is 0 Å². The van der Waals surface area contributed by atoms with Gasteiger partial charge in [-0.1, -0.05) is 30.3 Å². The van der Waals surface area contributed by atoms with E-state index in [1.165, 1.54) is 47.0 Å². The van der Waals surface area contributed by atoms with Crippen LogP contribution < -0.4 is 0 Å². The first kappa shape index (κ1) is 23.4. The fraction of sp³-hybridized carbons (Fsp3) is 0.348. The third kappa shape index (κ3) is 5.62. The summed E-state index contributed by atoms with van der Waals surface area (Å²) in [6, 6.07) is 10.4. The second-order valence-corrected chi connectivity index (χ2v) is 8.75. The molecule has 0 N–H and O–H groups in total. The maximum absolute atomic E-state index is 13.8. The molecule has 0 spiro atoms. The second-order valence-electron chi connectivity index (χ2n) is 7.80. The van der Waals surface area contributed by atoms with E-state index in [0.717, 1.165) is 50.2 Å². The molecular formula is C23H22F4N4OS. The largest absolute Gasteiger partial charge is 0.418 e. The highest BCUT2D eigenvalue weighted by molar-refractivity contribution is 7.99. The van der Waals surface area contributed by atoms with Crippen molar-refractivity contribution in [2.24, 2.45) is 0 Å². The summed E-state index contributed by atoms with van der Waals surface area (Å²) in [6.07, 6.45) is -1.37. The van der Waals surface area contributed by atoms with Crippen molar-refractivity contribution in [1.29, 1.82) is 0 Å². The van der Waals surface area contributed by atoms with Crippen LogP contribution >= 0.6 is 11.8 Å². The number of alkyl halides is 3. The molecule has 1 fully saturated rings. The first-order valence-corrected chi connectivity index (χ1v) is 11.6. The van der Waals surface area contributed by atoms with Crippen LogP contribution in [0.1, 0.15) is 41.0 Å². The third-order valence-corrected chi connectivity index (χ3v) is 6.39. The Morgan fingerprint density at radius 3 is 2.36 bits per heavy atom. The van der Waals surface area contributed by atoms with Crippen molar-refractivity contribution in [2.75, 3.05) is 18.8 Å². The van der Waals surface area contributed by atoms with Crippen LogP contribution in [-0.4, -0.2) is 44.3 Å². The molecule has 33 heavy (non-hydrogen) atoms. The van der Waals surface area contributed by atoms with Gasteiger partial charge in [-0.25, -0.2) is 4.39 Å². The predicted octanol–water partition coefficient (Wildman–Crippen LogP) is 5.39. The Kier molecular flexibility index (Phi) is 7.14. The van der Waals surface area contributed by atoms with Gasteiger partial charge in [0.1, 0.15) is 5.82 Å². The minimum atomic E-state index is -4.56. The van der Waals surface area contributed by atoms with E-state index in [0.29, 0.717) is 17.9 Å². The number of carbonyl (C=O) groups excluding carboxylic acids is 1. The van der Waals surface area contributed by atoms with Gasteiger partial charge in [0.25, 0.3) is 0 Å². The highest BCUT2D eigenvalue weighted by Crippen LogP contribution is 2.36. The maximum Gasteiger partial charge on any atom is 0.418 e. The number of para-hydroxylation sites is 1. The maximum atomic E-state index is 13.8. The molecule has 0 saturated carbocycles. The predicted molar refractivity (Wildman–Crippen MR) is 117 cm³/mol. The number of likely N-dealkylation sites (tertiary alicyclic amines) is 1. The lowest BCUT2D eigenvalue weighted by atomic mass is 10.1. The molecule has 0 aliphatic carbocycles. The van der Waals surface area contributed by atoms with Crippen LogP contribution in [-0.2, 0) is 12.7 Å². The van der Waals surface area contributed by atoms with Gasteiger partial charge in [0.05, 0.1) is 23.5 Å². The Hall–Kier alpha value is -2.72. The molecule has 0 bridgehead atoms. The molecule has 3 aromatic rings. The van der Waals surface area contributed by atoms with Crippen molar-refractivity contribution >= 4 is 17.5 Å². The smallest absolute Gasteiger partial charge is 0.296 e. The summed E-state index contributed by atoms with van der Waals surface area (Å²) in [5.74, 6) is -0.409. The van der Waals surface area contributed by atoms with Crippen LogP contribution in [0.2, 0.25) is 0 Å². The van der Waals surface area contributed by atoms with Crippen molar-refractivity contribution in [3.8, 4) is 5.69 Å². The van der Waals surface area contributed by atoms with Crippen molar-refractivity contribution in [3.05, 3.63) is 71.3 Å². The number of benzene rings is 2. The van der Waals surface area contributed by atoms with E-state index in [1.54, 1.807) is 0 Å². The summed E-state index contributed by atoms with van der Waals surface area (Å²) in [7, 11) is 0. The van der Waals surface area contributed by atoms with Crippen molar-refractivity contribution in [3.63, 3.8) is 0 Å². The van der Waals surface area contributed by atoms with Gasteiger partial charge in [-0.15, -0.1) is 10.2 Å². The molecule has 4 rings (SSSR count). The number of carbonyl (C=O) groups is 1. The fourth-order valence-corrected chi connectivity index (χ4v) is 4.67. The lowest BCUT2D eigenvalue weighted by Gasteiger charge is -2.26. The van der Waals surface area contributed by atoms with E-state index in [1.807, 2.05) is 0 Å². The van der Waals surface area contributed by atoms with Gasteiger partial charge in [-0.05, 0) is 62.3 Å². The summed E-state index contributed by atoms with van der Waals surface area (Å²) >= 11 is 1.01. The molecule has 10 heteroatoms. The number of nitrogens with zero attached hydrogens (tertiary/aromatic N) is 4. The zero-order chi connectivity index (χ0) is 23.4. The van der Waals surface area contributed by atoms with Crippen molar-refractivity contribution < 1.29 is 22.4 Å². The quantitative estimate of drug-likeness (QED) is 0.259. The molecule has 2 heterocycles. The number of aromatic nitrogens is 3. The fourth-order valence-electron chi connectivity index (χ4n) is 3.81. The Morgan fingerprint density at radius 2 is 1.67 bits per heavy atom. The molecule has 174 valence electrons. The minimum Gasteiger partial charge on any atom is -0.296 e. The van der Waals surface area contributed by atoms with Crippen molar-refractivity contribution in [2.45, 2.75) is 37.1 Å². The van der Waals surface area contributed by atoms with Gasteiger partial charge >= 0.3 is 6.18 Å². The number of ketones is 1. The topological polar surface area (TPSA) is 51.0 Å². The van der Waals surface area contributed by atoms with Crippen LogP contribution in [0.5, 0.6) is 0 Å². The molecular weight excluding hydrogens is 456 g/mol. The highest BCUT2D eigenvalue weighted by Gasteiger charge is 2.35. The Labute approximate surface area is 192 Å². The van der Waals surface area contributed by atoms with Gasteiger partial charge in [0, 0.05) is 5.56 Å². The van der Waals surface area contributed by atoms with Crippen LogP contribution in [0, 0.1) is 5.82 Å². The van der Waals surface area contributed by atoms with Crippen LogP contribution in [0.15, 0.2) is 53.7 Å². The number of piperidine rings is 1. The van der Waals surface area contributed by atoms with E-state index < -0.39 is 17.6 Å². The standard InChI is InChI=1S/C23H22F4N4OS/c24-17-10-8-16(9-11-17)20(32)15-33-22-29-28-21(14-30-12-4-1-5-13-30)31(22)19-7-3-2-6-18(19)23(25,26)27/h2-3,6-11H,1,4-5,12-15H2. The molecule has 2 aromatic carbocycles. The molecule has 0 atom stereocenters. The van der Waals surface area contributed by atoms with E-state index >= 15 is 0 Å². The lowest BCUT2D eigenvalue weighted by Crippen LogP contribution is -2.30. The van der Waals surface area contributed by atoms with E-state index in [-0.39, 0.29) is 22.4 Å². The Morgan fingerprint density at radius 1 is 0.970 bits per heavy atom. The molecule has 1 aromatic heterocycles. The molecule has 0 radical (unpaired) electrons. The zero-order valence-electron chi connectivity index (χ0n) is 17.7. The van der Waals surface area contributed by atoms with Crippen LogP contribution in [0.4, 0.5) is 17.6 Å². The summed E-state index contributed by atoms with van der Waals surface area (Å²) in [5, 5.41) is 8.53. The summed E-state index contributed by atoms with van der Waals surface area (Å²) in [5.41, 5.74) is -0.547. The van der Waals surface area contributed by atoms with Crippen LogP contribution in [0.3, 0.4) is 0 Å². The Balaban J connectivity index is 1.66. The minimum absolute atomic E-state index is 0.0678. The molecule has 0 unspecified atom stereocenters. The normalized spacial score (nSPS) is 15.0. The van der Waals surface area contributed by atoms with Gasteiger partial charge in [0.15, 0.2) is 16.8 Å². The van der Waals surface area contributed by atoms with Crippen LogP contribution in [0.25, 0.3) is 5.69 Å². The highest BCUT2D eigenvalue weighted by atomic mass is 32.2. The number of thioether (sulfide) groups is 1. The average Bonchev–Trinajstić information content (AvgIpc) is 3.20. The number of rotatable bonds is 7. The van der Waals surface area contributed by atoms with Gasteiger partial charge in [-0.3, -0.25) is 14.3 Å². The van der Waals surface area contributed by atoms with Gasteiger partial charge in [0.2, 0.25) is 0 Å². The SMILES string of the molecule is O=C(CSc1nnc(CN2CCCCC2)n1-c1ccccc1C(F)(F)F)c1ccc(F)cc1. The summed E-state index contributed by atoms with van der Waals surface area (Å²) in [4.78, 5) is 14.7. The third-order valence-electron chi connectivity index (χ3n) is 5.46. The van der Waals surface area contributed by atoms with E-state index in [2.05, 4.69) is 15.1 Å².